The van der Waals surface area contributed by atoms with Gasteiger partial charge in [0.25, 0.3) is 0 Å². The molecule has 1 aromatic rings. The fraction of sp³-hybridized carbons (Fsp3) is 0.412. The van der Waals surface area contributed by atoms with Crippen molar-refractivity contribution < 1.29 is 9.53 Å². The third kappa shape index (κ3) is 2.98. The van der Waals surface area contributed by atoms with Crippen LogP contribution in [-0.4, -0.2) is 17.4 Å². The first kappa shape index (κ1) is 14.5. The van der Waals surface area contributed by atoms with E-state index in [9.17, 15) is 4.79 Å². The number of ether oxygens (including phenoxy) is 1. The van der Waals surface area contributed by atoms with Crippen LogP contribution in [0, 0.1) is 5.92 Å². The molecule has 0 aromatic heterocycles. The first-order valence-corrected chi connectivity index (χ1v) is 6.95. The molecule has 0 bridgehead atoms. The number of aliphatic imine (C=N–C) groups is 1. The molecule has 3 nitrogen and oxygen atoms in total. The highest BCUT2D eigenvalue weighted by Gasteiger charge is 2.46. The lowest BCUT2D eigenvalue weighted by atomic mass is 9.84. The summed E-state index contributed by atoms with van der Waals surface area (Å²) in [5, 5.41) is 0. The van der Waals surface area contributed by atoms with E-state index in [2.05, 4.69) is 25.4 Å². The summed E-state index contributed by atoms with van der Waals surface area (Å²) in [5.41, 5.74) is 0.986. The Morgan fingerprint density at radius 2 is 2.00 bits per heavy atom. The van der Waals surface area contributed by atoms with Crippen LogP contribution in [0.2, 0.25) is 0 Å². The number of hydrogen-bond donors (Lipinski definition) is 0. The summed E-state index contributed by atoms with van der Waals surface area (Å²) in [6, 6.07) is 9.55. The largest absolute Gasteiger partial charge is 0.405 e. The van der Waals surface area contributed by atoms with Gasteiger partial charge in [0.05, 0.1) is 0 Å². The number of nitrogens with zero attached hydrogens (tertiary/aromatic N) is 1. The van der Waals surface area contributed by atoms with E-state index in [1.807, 2.05) is 37.3 Å². The topological polar surface area (TPSA) is 38.7 Å². The van der Waals surface area contributed by atoms with Crippen molar-refractivity contribution in [3.05, 3.63) is 48.0 Å². The molecule has 1 aliphatic rings. The fourth-order valence-electron chi connectivity index (χ4n) is 2.64. The number of benzene rings is 1. The third-order valence-corrected chi connectivity index (χ3v) is 3.25. The van der Waals surface area contributed by atoms with Gasteiger partial charge in [-0.2, -0.15) is 0 Å². The van der Waals surface area contributed by atoms with Gasteiger partial charge in [0.15, 0.2) is 5.54 Å². The standard InChI is InChI=1S/C17H21NO2/c1-12(2)10-17(11-13(3)4)16(19)20-15(18-17)14-8-6-5-7-9-14/h5-9,13H,1,10-11H2,2-4H3/t17-/m0/s1. The summed E-state index contributed by atoms with van der Waals surface area (Å²) in [4.78, 5) is 17.0. The highest BCUT2D eigenvalue weighted by Crippen LogP contribution is 2.34. The van der Waals surface area contributed by atoms with Gasteiger partial charge in [-0.3, -0.25) is 0 Å². The van der Waals surface area contributed by atoms with Gasteiger partial charge >= 0.3 is 5.97 Å². The molecule has 1 aliphatic heterocycles. The van der Waals surface area contributed by atoms with Crippen LogP contribution in [0.15, 0.2) is 47.5 Å². The summed E-state index contributed by atoms with van der Waals surface area (Å²) in [5.74, 6) is 0.534. The second kappa shape index (κ2) is 5.61. The van der Waals surface area contributed by atoms with Crippen LogP contribution in [0.3, 0.4) is 0 Å². The Labute approximate surface area is 120 Å². The molecule has 20 heavy (non-hydrogen) atoms. The molecule has 0 N–H and O–H groups in total. The number of hydrogen-bond acceptors (Lipinski definition) is 3. The monoisotopic (exact) mass is 271 g/mol. The zero-order valence-electron chi connectivity index (χ0n) is 12.3. The van der Waals surface area contributed by atoms with Crippen molar-refractivity contribution in [1.82, 2.24) is 0 Å². The summed E-state index contributed by atoms with van der Waals surface area (Å²) < 4.78 is 5.44. The fourth-order valence-corrected chi connectivity index (χ4v) is 2.64. The SMILES string of the molecule is C=C(C)C[C@@]1(CC(C)C)N=C(c2ccccc2)OC1=O. The molecular formula is C17H21NO2. The second-order valence-corrected chi connectivity index (χ2v) is 5.94. The molecule has 106 valence electrons. The predicted molar refractivity (Wildman–Crippen MR) is 80.7 cm³/mol. The molecule has 1 atom stereocenters. The molecule has 0 radical (unpaired) electrons. The molecule has 0 aliphatic carbocycles. The molecule has 3 heteroatoms. The summed E-state index contributed by atoms with van der Waals surface area (Å²) in [6.45, 7) is 10.0. The minimum Gasteiger partial charge on any atom is -0.405 e. The summed E-state index contributed by atoms with van der Waals surface area (Å²) >= 11 is 0. The van der Waals surface area contributed by atoms with Crippen LogP contribution < -0.4 is 0 Å². The van der Waals surface area contributed by atoms with E-state index in [0.717, 1.165) is 11.1 Å². The number of carbonyl (C=O) groups is 1. The molecule has 0 unspecified atom stereocenters. The predicted octanol–water partition coefficient (Wildman–Crippen LogP) is 3.74. The Balaban J connectivity index is 2.38. The smallest absolute Gasteiger partial charge is 0.341 e. The maximum Gasteiger partial charge on any atom is 0.341 e. The van der Waals surface area contributed by atoms with Gasteiger partial charge in [-0.15, -0.1) is 6.58 Å². The van der Waals surface area contributed by atoms with Crippen molar-refractivity contribution in [2.24, 2.45) is 10.9 Å². The first-order chi connectivity index (χ1) is 9.43. The zero-order valence-corrected chi connectivity index (χ0v) is 12.3. The van der Waals surface area contributed by atoms with Crippen LogP contribution in [0.5, 0.6) is 0 Å². The molecule has 0 saturated carbocycles. The number of carbonyl (C=O) groups excluding carboxylic acids is 1. The molecule has 0 fully saturated rings. The van der Waals surface area contributed by atoms with Crippen molar-refractivity contribution in [2.45, 2.75) is 39.2 Å². The van der Waals surface area contributed by atoms with Crippen molar-refractivity contribution in [3.63, 3.8) is 0 Å². The molecule has 0 saturated heterocycles. The van der Waals surface area contributed by atoms with Gasteiger partial charge in [0.2, 0.25) is 5.90 Å². The normalized spacial score (nSPS) is 21.8. The average Bonchev–Trinajstić information content (AvgIpc) is 2.66. The Morgan fingerprint density at radius 3 is 2.55 bits per heavy atom. The number of esters is 1. The Hall–Kier alpha value is -1.90. The van der Waals surface area contributed by atoms with E-state index in [1.54, 1.807) is 0 Å². The zero-order chi connectivity index (χ0) is 14.8. The van der Waals surface area contributed by atoms with Gasteiger partial charge in [-0.1, -0.05) is 37.6 Å². The van der Waals surface area contributed by atoms with Crippen LogP contribution in [0.1, 0.15) is 39.2 Å². The van der Waals surface area contributed by atoms with Gasteiger partial charge in [0.1, 0.15) is 0 Å². The molecule has 1 aromatic carbocycles. The van der Waals surface area contributed by atoms with Crippen molar-refractivity contribution >= 4 is 11.9 Å². The maximum absolute atomic E-state index is 12.4. The Morgan fingerprint density at radius 1 is 1.35 bits per heavy atom. The number of rotatable bonds is 5. The van der Waals surface area contributed by atoms with Crippen molar-refractivity contribution in [2.75, 3.05) is 0 Å². The van der Waals surface area contributed by atoms with Crippen LogP contribution in [-0.2, 0) is 9.53 Å². The van der Waals surface area contributed by atoms with E-state index in [0.29, 0.717) is 24.7 Å². The third-order valence-electron chi connectivity index (χ3n) is 3.25. The Kier molecular flexibility index (Phi) is 4.07. The Bertz CT molecular complexity index is 545. The summed E-state index contributed by atoms with van der Waals surface area (Å²) in [7, 11) is 0. The van der Waals surface area contributed by atoms with Crippen LogP contribution >= 0.6 is 0 Å². The highest BCUT2D eigenvalue weighted by atomic mass is 16.6. The minimum absolute atomic E-state index is 0.256. The lowest BCUT2D eigenvalue weighted by molar-refractivity contribution is -0.139. The quantitative estimate of drug-likeness (QED) is 0.604. The second-order valence-electron chi connectivity index (χ2n) is 5.94. The van der Waals surface area contributed by atoms with E-state index in [4.69, 9.17) is 4.74 Å². The van der Waals surface area contributed by atoms with Gasteiger partial charge in [0, 0.05) is 12.0 Å². The first-order valence-electron chi connectivity index (χ1n) is 6.95. The summed E-state index contributed by atoms with van der Waals surface area (Å²) in [6.07, 6.45) is 1.22. The molecule has 0 spiro atoms. The van der Waals surface area contributed by atoms with E-state index in [1.165, 1.54) is 0 Å². The van der Waals surface area contributed by atoms with E-state index >= 15 is 0 Å². The van der Waals surface area contributed by atoms with E-state index < -0.39 is 5.54 Å². The molecule has 0 amide bonds. The maximum atomic E-state index is 12.4. The highest BCUT2D eigenvalue weighted by molar-refractivity contribution is 6.08. The van der Waals surface area contributed by atoms with Crippen molar-refractivity contribution in [3.8, 4) is 0 Å². The van der Waals surface area contributed by atoms with Gasteiger partial charge in [-0.25, -0.2) is 9.79 Å². The minimum atomic E-state index is -0.800. The van der Waals surface area contributed by atoms with Gasteiger partial charge in [-0.05, 0) is 31.4 Å². The van der Waals surface area contributed by atoms with Crippen molar-refractivity contribution in [1.29, 1.82) is 0 Å². The molecular weight excluding hydrogens is 250 g/mol. The molecule has 2 rings (SSSR count). The van der Waals surface area contributed by atoms with E-state index in [-0.39, 0.29) is 5.97 Å². The lowest BCUT2D eigenvalue weighted by Crippen LogP contribution is -2.35. The van der Waals surface area contributed by atoms with Gasteiger partial charge < -0.3 is 4.74 Å². The van der Waals surface area contributed by atoms with Crippen LogP contribution in [0.4, 0.5) is 0 Å². The lowest BCUT2D eigenvalue weighted by Gasteiger charge is -2.23. The molecule has 1 heterocycles. The average molecular weight is 271 g/mol. The number of cyclic esters (lactones) is 1. The van der Waals surface area contributed by atoms with Crippen LogP contribution in [0.25, 0.3) is 0 Å².